The third-order valence-electron chi connectivity index (χ3n) is 10.7. The topological polar surface area (TPSA) is 128 Å². The van der Waals surface area contributed by atoms with E-state index in [1.807, 2.05) is 67.5 Å². The summed E-state index contributed by atoms with van der Waals surface area (Å²) in [4.78, 5) is 32.7. The first-order valence-corrected chi connectivity index (χ1v) is 22.2. The Bertz CT molecular complexity index is 2360. The van der Waals surface area contributed by atoms with Crippen molar-refractivity contribution in [3.8, 4) is 11.1 Å². The molecule has 5 aromatic carbocycles. The number of hydrogen-bond acceptors (Lipinski definition) is 10. The molecular weight excluding hydrogens is 792 g/mol. The Morgan fingerprint density at radius 2 is 1.72 bits per heavy atom. The van der Waals surface area contributed by atoms with Crippen molar-refractivity contribution >= 4 is 56.4 Å². The van der Waals surface area contributed by atoms with Crippen LogP contribution in [0.3, 0.4) is 0 Å². The summed E-state index contributed by atoms with van der Waals surface area (Å²) in [6, 6.07) is 35.5. The average molecular weight is 839 g/mol. The number of nitrogens with zero attached hydrogens (tertiary/aromatic N) is 4. The third-order valence-corrected chi connectivity index (χ3v) is 13.5. The number of aryl methyl sites for hydroxylation is 1. The predicted molar refractivity (Wildman–Crippen MR) is 234 cm³/mol. The fraction of sp³-hybridized carbons (Fsp3) is 0.295. The van der Waals surface area contributed by atoms with Crippen molar-refractivity contribution in [3.05, 3.63) is 147 Å². The molecule has 7 rings (SSSR count). The largest absolute Gasteiger partial charge is 0.376 e. The van der Waals surface area contributed by atoms with Gasteiger partial charge in [-0.25, -0.2) is 13.1 Å². The van der Waals surface area contributed by atoms with Crippen LogP contribution in [0.5, 0.6) is 0 Å². The van der Waals surface area contributed by atoms with Gasteiger partial charge in [0, 0.05) is 71.3 Å². The Morgan fingerprint density at radius 3 is 2.48 bits per heavy atom. The van der Waals surface area contributed by atoms with Crippen molar-refractivity contribution in [2.24, 2.45) is 0 Å². The van der Waals surface area contributed by atoms with E-state index in [9.17, 15) is 23.3 Å². The number of rotatable bonds is 15. The Balaban J connectivity index is 1.000. The monoisotopic (exact) mass is 838 g/mol. The number of carbonyl (C=O) groups is 1. The second-order valence-electron chi connectivity index (χ2n) is 15.1. The standard InChI is InChI=1S/C44H47ClN6O5S2/c1-48(2)23-22-36(30-57-38-9-4-3-5-10-38)46-41-20-19-39(27-43(41)51(53)54)58(55,56)47-44(52)33-15-21-42-32(26-33)14-18-37-29-49(24-25-50(37)42)28-34-8-6-7-11-40(34)31-12-16-35(45)17-13-31/h3-13,15-17,19-21,26-27,36-37,46H,14,18,22-25,28-30H2,1-2H3,(H,47,52)/t36-,37+/m1/s1. The predicted octanol–water partition coefficient (Wildman–Crippen LogP) is 8.20. The van der Waals surface area contributed by atoms with E-state index < -0.39 is 20.9 Å². The van der Waals surface area contributed by atoms with Gasteiger partial charge in [-0.2, -0.15) is 0 Å². The summed E-state index contributed by atoms with van der Waals surface area (Å²) >= 11 is 7.79. The summed E-state index contributed by atoms with van der Waals surface area (Å²) in [5.41, 5.74) is 5.69. The highest BCUT2D eigenvalue weighted by Gasteiger charge is 2.33. The highest BCUT2D eigenvalue weighted by Crippen LogP contribution is 2.35. The Kier molecular flexibility index (Phi) is 13.0. The lowest BCUT2D eigenvalue weighted by Crippen LogP contribution is -2.54. The molecule has 0 saturated carbocycles. The quantitative estimate of drug-likeness (QED) is 0.0605. The summed E-state index contributed by atoms with van der Waals surface area (Å²) in [7, 11) is -0.509. The van der Waals surface area contributed by atoms with E-state index in [1.165, 1.54) is 23.3 Å². The van der Waals surface area contributed by atoms with Gasteiger partial charge in [0.15, 0.2) is 0 Å². The van der Waals surface area contributed by atoms with E-state index in [1.54, 1.807) is 23.9 Å². The summed E-state index contributed by atoms with van der Waals surface area (Å²) in [5.74, 6) is -0.149. The van der Waals surface area contributed by atoms with Gasteiger partial charge < -0.3 is 15.1 Å². The molecule has 2 N–H and O–H groups in total. The van der Waals surface area contributed by atoms with Gasteiger partial charge in [0.1, 0.15) is 5.69 Å². The van der Waals surface area contributed by atoms with Crippen LogP contribution in [-0.2, 0) is 23.0 Å². The zero-order chi connectivity index (χ0) is 40.8. The molecule has 302 valence electrons. The maximum atomic E-state index is 13.5. The van der Waals surface area contributed by atoms with Crippen LogP contribution < -0.4 is 14.9 Å². The number of nitro benzene ring substituents is 1. The van der Waals surface area contributed by atoms with Crippen LogP contribution in [0.1, 0.15) is 34.3 Å². The summed E-state index contributed by atoms with van der Waals surface area (Å²) in [6.07, 6.45) is 2.36. The zero-order valence-corrected chi connectivity index (χ0v) is 34.9. The normalized spacial score (nSPS) is 16.0. The molecule has 0 aliphatic carbocycles. The SMILES string of the molecule is CN(C)CC[C@H](CSc1ccccc1)Nc1ccc(S(=O)(=O)NC(=O)c2ccc3c(c2)CC[C@H]2CN(Cc4ccccc4-c4ccc(Cl)cc4)CCN32)cc1[N+](=O)[O-]. The number of carbonyl (C=O) groups excluding carboxylic acids is 1. The number of amides is 1. The Hall–Kier alpha value is -4.92. The number of halogens is 1. The number of nitrogens with one attached hydrogen (secondary N) is 2. The van der Waals surface area contributed by atoms with Gasteiger partial charge in [0.05, 0.1) is 9.82 Å². The van der Waals surface area contributed by atoms with Crippen molar-refractivity contribution in [3.63, 3.8) is 0 Å². The lowest BCUT2D eigenvalue weighted by molar-refractivity contribution is -0.384. The number of sulfonamides is 1. The van der Waals surface area contributed by atoms with E-state index in [2.05, 4.69) is 56.2 Å². The van der Waals surface area contributed by atoms with Crippen LogP contribution in [0, 0.1) is 10.1 Å². The molecule has 0 spiro atoms. The van der Waals surface area contributed by atoms with Gasteiger partial charge in [-0.15, -0.1) is 11.8 Å². The van der Waals surface area contributed by atoms with Crippen molar-refractivity contribution in [1.82, 2.24) is 14.5 Å². The molecule has 14 heteroatoms. The summed E-state index contributed by atoms with van der Waals surface area (Å²) < 4.78 is 29.2. The van der Waals surface area contributed by atoms with Crippen LogP contribution >= 0.6 is 23.4 Å². The molecule has 2 heterocycles. The minimum atomic E-state index is -4.44. The molecule has 11 nitrogen and oxygen atoms in total. The van der Waals surface area contributed by atoms with E-state index in [0.29, 0.717) is 23.2 Å². The molecule has 0 unspecified atom stereocenters. The molecular formula is C44H47ClN6O5S2. The maximum Gasteiger partial charge on any atom is 0.293 e. The number of hydrogen-bond donors (Lipinski definition) is 2. The van der Waals surface area contributed by atoms with E-state index >= 15 is 0 Å². The molecule has 2 aliphatic rings. The smallest absolute Gasteiger partial charge is 0.293 e. The van der Waals surface area contributed by atoms with Crippen LogP contribution in [0.15, 0.2) is 125 Å². The van der Waals surface area contributed by atoms with Crippen LogP contribution in [0.25, 0.3) is 11.1 Å². The highest BCUT2D eigenvalue weighted by atomic mass is 35.5. The molecule has 1 fully saturated rings. The summed E-state index contributed by atoms with van der Waals surface area (Å²) in [5, 5.41) is 16.2. The number of anilines is 2. The first kappa shape index (κ1) is 41.2. The maximum absolute atomic E-state index is 13.5. The minimum Gasteiger partial charge on any atom is -0.376 e. The van der Waals surface area contributed by atoms with Crippen molar-refractivity contribution in [2.45, 2.75) is 47.7 Å². The molecule has 0 bridgehead atoms. The fourth-order valence-electron chi connectivity index (χ4n) is 7.70. The molecule has 0 radical (unpaired) electrons. The average Bonchev–Trinajstić information content (AvgIpc) is 3.22. The zero-order valence-electron chi connectivity index (χ0n) is 32.5. The van der Waals surface area contributed by atoms with Crippen LogP contribution in [0.2, 0.25) is 5.02 Å². The molecule has 58 heavy (non-hydrogen) atoms. The molecule has 2 aliphatic heterocycles. The first-order chi connectivity index (χ1) is 27.9. The van der Waals surface area contributed by atoms with E-state index in [4.69, 9.17) is 11.6 Å². The van der Waals surface area contributed by atoms with Crippen molar-refractivity contribution < 1.29 is 18.1 Å². The van der Waals surface area contributed by atoms with Crippen LogP contribution in [-0.4, -0.2) is 87.2 Å². The molecule has 5 aromatic rings. The molecule has 1 saturated heterocycles. The Labute approximate surface area is 349 Å². The number of fused-ring (bicyclic) bond motifs is 3. The Morgan fingerprint density at radius 1 is 0.966 bits per heavy atom. The second-order valence-corrected chi connectivity index (χ2v) is 18.3. The first-order valence-electron chi connectivity index (χ1n) is 19.3. The number of nitro groups is 1. The number of piperazine rings is 1. The van der Waals surface area contributed by atoms with Gasteiger partial charge in [-0.3, -0.25) is 19.8 Å². The molecule has 0 aromatic heterocycles. The van der Waals surface area contributed by atoms with Gasteiger partial charge in [-0.05, 0) is 117 Å². The third kappa shape index (κ3) is 10.0. The van der Waals surface area contributed by atoms with Crippen molar-refractivity contribution in [2.75, 3.05) is 56.2 Å². The molecule has 2 atom stereocenters. The minimum absolute atomic E-state index is 0.139. The van der Waals surface area contributed by atoms with Gasteiger partial charge in [-0.1, -0.05) is 66.2 Å². The van der Waals surface area contributed by atoms with Crippen LogP contribution in [0.4, 0.5) is 17.1 Å². The number of thioether (sulfide) groups is 1. The lowest BCUT2D eigenvalue weighted by Gasteiger charge is -2.46. The summed E-state index contributed by atoms with van der Waals surface area (Å²) in [6.45, 7) is 4.18. The molecule has 1 amide bonds. The highest BCUT2D eigenvalue weighted by molar-refractivity contribution is 7.99. The van der Waals surface area contributed by atoms with Gasteiger partial charge >= 0.3 is 0 Å². The van der Waals surface area contributed by atoms with Gasteiger partial charge in [0.2, 0.25) is 0 Å². The second kappa shape index (κ2) is 18.3. The van der Waals surface area contributed by atoms with Gasteiger partial charge in [0.25, 0.3) is 21.6 Å². The van der Waals surface area contributed by atoms with E-state index in [-0.39, 0.29) is 27.9 Å². The lowest BCUT2D eigenvalue weighted by atomic mass is 9.92. The number of benzene rings is 5. The van der Waals surface area contributed by atoms with E-state index in [0.717, 1.165) is 73.3 Å². The fourth-order valence-corrected chi connectivity index (χ4v) is 9.82. The van der Waals surface area contributed by atoms with Crippen molar-refractivity contribution in [1.29, 1.82) is 0 Å².